The number of rotatable bonds is 6. The second-order valence-electron chi connectivity index (χ2n) is 6.36. The van der Waals surface area contributed by atoms with Gasteiger partial charge in [0.1, 0.15) is 0 Å². The molecule has 1 atom stereocenters. The van der Waals surface area contributed by atoms with E-state index in [2.05, 4.69) is 10.6 Å². The molecule has 27 heavy (non-hydrogen) atoms. The highest BCUT2D eigenvalue weighted by Gasteiger charge is 2.18. The lowest BCUT2D eigenvalue weighted by molar-refractivity contribution is -0.115. The van der Waals surface area contributed by atoms with Crippen LogP contribution in [0.3, 0.4) is 0 Å². The average molecular weight is 407 g/mol. The highest BCUT2D eigenvalue weighted by atomic mass is 35.5. The van der Waals surface area contributed by atoms with E-state index in [1.807, 2.05) is 0 Å². The van der Waals surface area contributed by atoms with Crippen LogP contribution in [0.5, 0.6) is 0 Å². The third kappa shape index (κ3) is 5.45. The topological polar surface area (TPSA) is 67.4 Å². The first kappa shape index (κ1) is 19.7. The number of benzene rings is 2. The second kappa shape index (κ2) is 9.22. The first-order chi connectivity index (χ1) is 13.0. The number of para-hydroxylation sites is 1. The summed E-state index contributed by atoms with van der Waals surface area (Å²) in [5, 5.41) is 6.50. The molecule has 0 bridgehead atoms. The summed E-state index contributed by atoms with van der Waals surface area (Å²) in [6, 6.07) is 12.0. The third-order valence-electron chi connectivity index (χ3n) is 4.31. The van der Waals surface area contributed by atoms with Crippen molar-refractivity contribution in [3.63, 3.8) is 0 Å². The summed E-state index contributed by atoms with van der Waals surface area (Å²) in [6.45, 7) is 1.20. The van der Waals surface area contributed by atoms with Crippen molar-refractivity contribution in [1.29, 1.82) is 0 Å². The Morgan fingerprint density at radius 2 is 1.93 bits per heavy atom. The Hall–Kier alpha value is -2.08. The minimum Gasteiger partial charge on any atom is -0.376 e. The predicted octanol–water partition coefficient (Wildman–Crippen LogP) is 4.08. The summed E-state index contributed by atoms with van der Waals surface area (Å²) in [5.74, 6) is -0.483. The van der Waals surface area contributed by atoms with Crippen molar-refractivity contribution < 1.29 is 14.3 Å². The van der Waals surface area contributed by atoms with Crippen LogP contribution in [0.4, 0.5) is 5.69 Å². The van der Waals surface area contributed by atoms with Gasteiger partial charge in [0.15, 0.2) is 0 Å². The molecule has 1 heterocycles. The Morgan fingerprint density at radius 1 is 1.11 bits per heavy atom. The smallest absolute Gasteiger partial charge is 0.253 e. The first-order valence-electron chi connectivity index (χ1n) is 8.75. The molecule has 0 aromatic heterocycles. The molecular weight excluding hydrogens is 387 g/mol. The van der Waals surface area contributed by atoms with Gasteiger partial charge < -0.3 is 15.4 Å². The SMILES string of the molecule is O=C(Cc1ccc(Cl)c(Cl)c1)Nc1ccccc1C(=O)NCC1CCCO1. The van der Waals surface area contributed by atoms with Crippen LogP contribution in [-0.4, -0.2) is 31.1 Å². The minimum atomic E-state index is -0.243. The minimum absolute atomic E-state index is 0.0605. The highest BCUT2D eigenvalue weighted by Crippen LogP contribution is 2.23. The van der Waals surface area contributed by atoms with Crippen LogP contribution >= 0.6 is 23.2 Å². The van der Waals surface area contributed by atoms with Crippen LogP contribution < -0.4 is 10.6 Å². The summed E-state index contributed by atoms with van der Waals surface area (Å²) in [7, 11) is 0. The van der Waals surface area contributed by atoms with E-state index in [0.29, 0.717) is 27.8 Å². The van der Waals surface area contributed by atoms with E-state index >= 15 is 0 Å². The standard InChI is InChI=1S/C20H20Cl2N2O3/c21-16-8-7-13(10-17(16)22)11-19(25)24-18-6-2-1-5-15(18)20(26)23-12-14-4-3-9-27-14/h1-2,5-8,10,14H,3-4,9,11-12H2,(H,23,26)(H,24,25). The summed E-state index contributed by atoms with van der Waals surface area (Å²) in [5.41, 5.74) is 1.62. The lowest BCUT2D eigenvalue weighted by Crippen LogP contribution is -2.32. The zero-order valence-corrected chi connectivity index (χ0v) is 16.1. The molecule has 142 valence electrons. The Kier molecular flexibility index (Phi) is 6.72. The van der Waals surface area contributed by atoms with Gasteiger partial charge in [-0.25, -0.2) is 0 Å². The third-order valence-corrected chi connectivity index (χ3v) is 5.05. The molecule has 3 rings (SSSR count). The number of anilines is 1. The summed E-state index contributed by atoms with van der Waals surface area (Å²) >= 11 is 11.9. The largest absolute Gasteiger partial charge is 0.376 e. The van der Waals surface area contributed by atoms with Gasteiger partial charge in [0.25, 0.3) is 5.91 Å². The van der Waals surface area contributed by atoms with Crippen LogP contribution in [0.25, 0.3) is 0 Å². The summed E-state index contributed by atoms with van der Waals surface area (Å²) in [6.07, 6.45) is 2.15. The van der Waals surface area contributed by atoms with Crippen molar-refractivity contribution >= 4 is 40.7 Å². The molecule has 0 aliphatic carbocycles. The molecule has 2 amide bonds. The molecule has 2 aromatic rings. The van der Waals surface area contributed by atoms with E-state index in [-0.39, 0.29) is 24.3 Å². The number of hydrogen-bond acceptors (Lipinski definition) is 3. The number of carbonyl (C=O) groups excluding carboxylic acids is 2. The molecular formula is C20H20Cl2N2O3. The maximum atomic E-state index is 12.5. The van der Waals surface area contributed by atoms with Gasteiger partial charge in [0.05, 0.1) is 33.8 Å². The molecule has 2 N–H and O–H groups in total. The molecule has 7 heteroatoms. The Bertz CT molecular complexity index is 836. The number of ether oxygens (including phenoxy) is 1. The van der Waals surface area contributed by atoms with E-state index < -0.39 is 0 Å². The molecule has 1 aliphatic heterocycles. The normalized spacial score (nSPS) is 16.1. The van der Waals surface area contributed by atoms with Gasteiger partial charge in [-0.2, -0.15) is 0 Å². The summed E-state index contributed by atoms with van der Waals surface area (Å²) < 4.78 is 5.51. The van der Waals surface area contributed by atoms with Crippen molar-refractivity contribution in [3.8, 4) is 0 Å². The van der Waals surface area contributed by atoms with Crippen molar-refractivity contribution in [2.45, 2.75) is 25.4 Å². The van der Waals surface area contributed by atoms with E-state index in [1.165, 1.54) is 0 Å². The van der Waals surface area contributed by atoms with Gasteiger partial charge in [-0.15, -0.1) is 0 Å². The molecule has 2 aromatic carbocycles. The maximum absolute atomic E-state index is 12.5. The van der Waals surface area contributed by atoms with Gasteiger partial charge in [-0.1, -0.05) is 41.4 Å². The fraction of sp³-hybridized carbons (Fsp3) is 0.300. The number of amides is 2. The lowest BCUT2D eigenvalue weighted by Gasteiger charge is -2.14. The van der Waals surface area contributed by atoms with Crippen molar-refractivity contribution in [2.24, 2.45) is 0 Å². The van der Waals surface area contributed by atoms with Gasteiger partial charge in [-0.05, 0) is 42.7 Å². The van der Waals surface area contributed by atoms with E-state index in [9.17, 15) is 9.59 Å². The average Bonchev–Trinajstić information content (AvgIpc) is 3.17. The zero-order valence-electron chi connectivity index (χ0n) is 14.6. The molecule has 1 unspecified atom stereocenters. The second-order valence-corrected chi connectivity index (χ2v) is 7.18. The van der Waals surface area contributed by atoms with Gasteiger partial charge >= 0.3 is 0 Å². The monoisotopic (exact) mass is 406 g/mol. The zero-order chi connectivity index (χ0) is 19.2. The van der Waals surface area contributed by atoms with Crippen LogP contribution in [0.1, 0.15) is 28.8 Å². The Morgan fingerprint density at radius 3 is 2.67 bits per heavy atom. The van der Waals surface area contributed by atoms with Crippen molar-refractivity contribution in [2.75, 3.05) is 18.5 Å². The number of nitrogens with one attached hydrogen (secondary N) is 2. The molecule has 5 nitrogen and oxygen atoms in total. The molecule has 1 fully saturated rings. The first-order valence-corrected chi connectivity index (χ1v) is 9.51. The number of hydrogen-bond donors (Lipinski definition) is 2. The molecule has 1 saturated heterocycles. The molecule has 0 spiro atoms. The van der Waals surface area contributed by atoms with Crippen LogP contribution in [0, 0.1) is 0 Å². The van der Waals surface area contributed by atoms with E-state index in [0.717, 1.165) is 25.0 Å². The fourth-order valence-corrected chi connectivity index (χ4v) is 3.25. The van der Waals surface area contributed by atoms with E-state index in [1.54, 1.807) is 42.5 Å². The molecule has 0 saturated carbocycles. The maximum Gasteiger partial charge on any atom is 0.253 e. The highest BCUT2D eigenvalue weighted by molar-refractivity contribution is 6.42. The van der Waals surface area contributed by atoms with Crippen molar-refractivity contribution in [1.82, 2.24) is 5.32 Å². The van der Waals surface area contributed by atoms with Gasteiger partial charge in [0.2, 0.25) is 5.91 Å². The number of halogens is 2. The van der Waals surface area contributed by atoms with E-state index in [4.69, 9.17) is 27.9 Å². The van der Waals surface area contributed by atoms with Crippen molar-refractivity contribution in [3.05, 3.63) is 63.6 Å². The van der Waals surface area contributed by atoms with Crippen LogP contribution in [0.15, 0.2) is 42.5 Å². The Labute approximate surface area is 168 Å². The van der Waals surface area contributed by atoms with Crippen LogP contribution in [0.2, 0.25) is 10.0 Å². The van der Waals surface area contributed by atoms with Crippen LogP contribution in [-0.2, 0) is 16.0 Å². The summed E-state index contributed by atoms with van der Waals surface area (Å²) in [4.78, 5) is 24.9. The predicted molar refractivity (Wildman–Crippen MR) is 107 cm³/mol. The van der Waals surface area contributed by atoms with Gasteiger partial charge in [-0.3, -0.25) is 9.59 Å². The fourth-order valence-electron chi connectivity index (χ4n) is 2.93. The molecule has 1 aliphatic rings. The molecule has 0 radical (unpaired) electrons. The van der Waals surface area contributed by atoms with Gasteiger partial charge in [0, 0.05) is 13.2 Å². The number of carbonyl (C=O) groups is 2. The lowest BCUT2D eigenvalue weighted by atomic mass is 10.1. The quantitative estimate of drug-likeness (QED) is 0.758. The Balaban J connectivity index is 1.63.